The molecule has 1 saturated heterocycles. The van der Waals surface area contributed by atoms with Crippen molar-refractivity contribution in [2.75, 3.05) is 25.1 Å². The molecule has 0 spiro atoms. The summed E-state index contributed by atoms with van der Waals surface area (Å²) in [6.45, 7) is 4.05. The summed E-state index contributed by atoms with van der Waals surface area (Å²) in [4.78, 5) is 11.1. The number of aliphatic carboxylic acids is 1. The molecule has 20 heavy (non-hydrogen) atoms. The van der Waals surface area contributed by atoms with Crippen LogP contribution < -0.4 is 4.72 Å². The van der Waals surface area contributed by atoms with Crippen molar-refractivity contribution in [3.63, 3.8) is 0 Å². The molecule has 1 heterocycles. The number of carbonyl (C=O) groups is 1. The molecule has 0 radical (unpaired) electrons. The van der Waals surface area contributed by atoms with Crippen LogP contribution in [-0.2, 0) is 19.7 Å². The lowest BCUT2D eigenvalue weighted by Gasteiger charge is -2.34. The number of nitrogens with zero attached hydrogens (tertiary/aromatic N) is 1. The minimum absolute atomic E-state index is 0.204. The van der Waals surface area contributed by atoms with E-state index in [0.29, 0.717) is 5.75 Å². The molecule has 1 rings (SSSR count). The summed E-state index contributed by atoms with van der Waals surface area (Å²) in [5.74, 6) is -0.577. The molecule has 0 aromatic heterocycles. The normalized spacial score (nSPS) is 26.4. The van der Waals surface area contributed by atoms with Crippen molar-refractivity contribution >= 4 is 27.9 Å². The number of morpholine rings is 1. The molecule has 1 aliphatic rings. The highest BCUT2D eigenvalue weighted by Gasteiger charge is 2.33. The molecule has 2 unspecified atom stereocenters. The second-order valence-corrected chi connectivity index (χ2v) is 7.56. The van der Waals surface area contributed by atoms with Gasteiger partial charge in [-0.1, -0.05) is 0 Å². The van der Waals surface area contributed by atoms with Gasteiger partial charge in [-0.25, -0.2) is 0 Å². The first kappa shape index (κ1) is 17.7. The number of ether oxygens (including phenoxy) is 1. The molecule has 0 aromatic carbocycles. The van der Waals surface area contributed by atoms with Crippen LogP contribution in [0.2, 0.25) is 0 Å². The fraction of sp³-hybridized carbons (Fsp3) is 0.909. The van der Waals surface area contributed by atoms with Gasteiger partial charge >= 0.3 is 5.97 Å². The van der Waals surface area contributed by atoms with E-state index in [9.17, 15) is 13.2 Å². The van der Waals surface area contributed by atoms with Crippen molar-refractivity contribution in [3.05, 3.63) is 0 Å². The van der Waals surface area contributed by atoms with Gasteiger partial charge < -0.3 is 9.84 Å². The van der Waals surface area contributed by atoms with Crippen molar-refractivity contribution in [2.45, 2.75) is 38.5 Å². The van der Waals surface area contributed by atoms with Gasteiger partial charge in [0.15, 0.2) is 0 Å². The van der Waals surface area contributed by atoms with E-state index in [0.717, 1.165) is 0 Å². The van der Waals surface area contributed by atoms with Crippen LogP contribution in [0.3, 0.4) is 0 Å². The molecule has 118 valence electrons. The summed E-state index contributed by atoms with van der Waals surface area (Å²) in [6.07, 6.45) is 1.69. The predicted molar refractivity (Wildman–Crippen MR) is 78.1 cm³/mol. The number of nitrogens with one attached hydrogen (secondary N) is 1. The van der Waals surface area contributed by atoms with Gasteiger partial charge in [-0.05, 0) is 32.3 Å². The van der Waals surface area contributed by atoms with Crippen molar-refractivity contribution in [2.24, 2.45) is 0 Å². The summed E-state index contributed by atoms with van der Waals surface area (Å²) in [5.41, 5.74) is 0. The Bertz CT molecular complexity index is 419. The lowest BCUT2D eigenvalue weighted by atomic mass is 10.2. The van der Waals surface area contributed by atoms with Gasteiger partial charge in [-0.2, -0.15) is 29.2 Å². The molecule has 0 saturated carbocycles. The molecule has 0 aromatic rings. The maximum Gasteiger partial charge on any atom is 0.321 e. The molecular formula is C11H22N2O5S2. The quantitative estimate of drug-likeness (QED) is 0.691. The zero-order valence-corrected chi connectivity index (χ0v) is 13.5. The van der Waals surface area contributed by atoms with Gasteiger partial charge in [-0.3, -0.25) is 4.79 Å². The third-order valence-corrected chi connectivity index (χ3v) is 5.13. The largest absolute Gasteiger partial charge is 0.480 e. The monoisotopic (exact) mass is 326 g/mol. The number of rotatable bonds is 7. The maximum atomic E-state index is 12.2. The number of hydrogen-bond donors (Lipinski definition) is 2. The van der Waals surface area contributed by atoms with E-state index in [1.54, 1.807) is 13.8 Å². The minimum atomic E-state index is -3.81. The van der Waals surface area contributed by atoms with Crippen molar-refractivity contribution in [1.29, 1.82) is 0 Å². The minimum Gasteiger partial charge on any atom is -0.480 e. The highest BCUT2D eigenvalue weighted by atomic mass is 32.2. The van der Waals surface area contributed by atoms with Gasteiger partial charge in [0.1, 0.15) is 6.04 Å². The number of carboxylic acid groups (broad SMARTS) is 1. The fourth-order valence-corrected chi connectivity index (χ4v) is 4.06. The Hall–Kier alpha value is -0.350. The molecule has 7 nitrogen and oxygen atoms in total. The van der Waals surface area contributed by atoms with Gasteiger partial charge in [0.2, 0.25) is 0 Å². The molecule has 1 aliphatic heterocycles. The average Bonchev–Trinajstić information content (AvgIpc) is 2.32. The van der Waals surface area contributed by atoms with Gasteiger partial charge in [0, 0.05) is 13.1 Å². The van der Waals surface area contributed by atoms with Crippen LogP contribution >= 0.6 is 11.8 Å². The van der Waals surface area contributed by atoms with Crippen LogP contribution in [-0.4, -0.2) is 67.1 Å². The van der Waals surface area contributed by atoms with Crippen LogP contribution in [0.1, 0.15) is 20.3 Å². The van der Waals surface area contributed by atoms with Gasteiger partial charge in [-0.15, -0.1) is 0 Å². The molecule has 9 heteroatoms. The van der Waals surface area contributed by atoms with Crippen LogP contribution in [0.15, 0.2) is 0 Å². The lowest BCUT2D eigenvalue weighted by Crippen LogP contribution is -2.55. The lowest BCUT2D eigenvalue weighted by molar-refractivity contribution is -0.139. The summed E-state index contributed by atoms with van der Waals surface area (Å²) in [6, 6.07) is -1.10. The van der Waals surface area contributed by atoms with E-state index in [4.69, 9.17) is 9.84 Å². The van der Waals surface area contributed by atoms with Gasteiger partial charge in [0.05, 0.1) is 12.2 Å². The summed E-state index contributed by atoms with van der Waals surface area (Å²) >= 11 is 1.48. The van der Waals surface area contributed by atoms with Crippen LogP contribution in [0.4, 0.5) is 0 Å². The third-order valence-electron chi connectivity index (χ3n) is 2.93. The standard InChI is InChI=1S/C11H22N2O5S2/c1-8-6-13(7-9(2)18-8)20(16,17)12-10(11(14)15)4-5-19-3/h8-10,12H,4-7H2,1-3H3,(H,14,15)/t8?,9?,10-/m1/s1. The second kappa shape index (κ2) is 7.60. The highest BCUT2D eigenvalue weighted by molar-refractivity contribution is 7.98. The summed E-state index contributed by atoms with van der Waals surface area (Å²) < 4.78 is 33.5. The molecule has 0 bridgehead atoms. The van der Waals surface area contributed by atoms with Crippen LogP contribution in [0.5, 0.6) is 0 Å². The Morgan fingerprint density at radius 2 is 2.00 bits per heavy atom. The maximum absolute atomic E-state index is 12.2. The van der Waals surface area contributed by atoms with Gasteiger partial charge in [0.25, 0.3) is 10.2 Å². The Balaban J connectivity index is 2.73. The average molecular weight is 326 g/mol. The predicted octanol–water partition coefficient (Wildman–Crippen LogP) is 0.136. The second-order valence-electron chi connectivity index (χ2n) is 4.87. The zero-order chi connectivity index (χ0) is 15.3. The zero-order valence-electron chi connectivity index (χ0n) is 11.9. The van der Waals surface area contributed by atoms with E-state index < -0.39 is 22.2 Å². The molecule has 1 fully saturated rings. The first-order valence-electron chi connectivity index (χ1n) is 6.41. The highest BCUT2D eigenvalue weighted by Crippen LogP contribution is 2.14. The Morgan fingerprint density at radius 1 is 1.45 bits per heavy atom. The Kier molecular flexibility index (Phi) is 6.73. The molecular weight excluding hydrogens is 304 g/mol. The van der Waals surface area contributed by atoms with E-state index in [2.05, 4.69) is 4.72 Å². The Labute approximate surface area is 124 Å². The SMILES string of the molecule is CSCC[C@@H](NS(=O)(=O)N1CC(C)OC(C)C1)C(=O)O. The molecule has 3 atom stereocenters. The van der Waals surface area contributed by atoms with Crippen molar-refractivity contribution in [1.82, 2.24) is 9.03 Å². The molecule has 2 N–H and O–H groups in total. The van der Waals surface area contributed by atoms with E-state index >= 15 is 0 Å². The van der Waals surface area contributed by atoms with E-state index in [1.807, 2.05) is 6.26 Å². The van der Waals surface area contributed by atoms with E-state index in [1.165, 1.54) is 16.1 Å². The first-order valence-corrected chi connectivity index (χ1v) is 9.24. The van der Waals surface area contributed by atoms with Crippen LogP contribution in [0.25, 0.3) is 0 Å². The summed E-state index contributed by atoms with van der Waals surface area (Å²) in [7, 11) is -3.81. The fourth-order valence-electron chi connectivity index (χ4n) is 2.05. The smallest absolute Gasteiger partial charge is 0.321 e. The van der Waals surface area contributed by atoms with E-state index in [-0.39, 0.29) is 31.7 Å². The topological polar surface area (TPSA) is 95.9 Å². The van der Waals surface area contributed by atoms with Crippen molar-refractivity contribution < 1.29 is 23.1 Å². The van der Waals surface area contributed by atoms with Crippen molar-refractivity contribution in [3.8, 4) is 0 Å². The number of hydrogen-bond acceptors (Lipinski definition) is 5. The molecule has 0 aliphatic carbocycles. The first-order chi connectivity index (χ1) is 9.26. The van der Waals surface area contributed by atoms with Crippen LogP contribution in [0, 0.1) is 0 Å². The summed E-state index contributed by atoms with van der Waals surface area (Å²) in [5, 5.41) is 9.09. The number of thioether (sulfide) groups is 1. The third kappa shape index (κ3) is 5.21. The number of carboxylic acids is 1. The Morgan fingerprint density at radius 3 is 2.45 bits per heavy atom. The molecule has 0 amide bonds.